The largest absolute Gasteiger partial charge is 0.371 e. The molecule has 0 saturated carbocycles. The number of nitrogens with zero attached hydrogens (tertiary/aromatic N) is 1. The van der Waals surface area contributed by atoms with E-state index in [4.69, 9.17) is 5.73 Å². The Balaban J connectivity index is 1.93. The van der Waals surface area contributed by atoms with Crippen LogP contribution in [-0.2, 0) is 6.42 Å². The van der Waals surface area contributed by atoms with Crippen molar-refractivity contribution in [1.82, 2.24) is 0 Å². The first kappa shape index (κ1) is 15.5. The lowest BCUT2D eigenvalue weighted by atomic mass is 10.1. The molecule has 0 unspecified atom stereocenters. The molecule has 0 spiro atoms. The predicted molar refractivity (Wildman–Crippen MR) is 87.0 cm³/mol. The number of nitrogens with two attached hydrogens (primary N) is 1. The first-order chi connectivity index (χ1) is 10.3. The summed E-state index contributed by atoms with van der Waals surface area (Å²) in [7, 11) is 0. The van der Waals surface area contributed by atoms with E-state index in [1.807, 2.05) is 12.1 Å². The van der Waals surface area contributed by atoms with Crippen LogP contribution >= 0.6 is 0 Å². The minimum absolute atomic E-state index is 0.187. The molecule has 0 aliphatic rings. The molecule has 0 atom stereocenters. The van der Waals surface area contributed by atoms with E-state index in [1.165, 1.54) is 11.6 Å². The molecule has 112 valence electrons. The van der Waals surface area contributed by atoms with E-state index in [9.17, 15) is 4.39 Å². The van der Waals surface area contributed by atoms with Crippen LogP contribution in [0.25, 0.3) is 0 Å². The number of hydrogen-bond donors (Lipinski definition) is 1. The Hall–Kier alpha value is -1.87. The second-order valence-electron chi connectivity index (χ2n) is 5.20. The zero-order valence-corrected chi connectivity index (χ0v) is 12.3. The molecule has 3 heteroatoms. The zero-order valence-electron chi connectivity index (χ0n) is 12.3. The maximum Gasteiger partial charge on any atom is 0.125 e. The van der Waals surface area contributed by atoms with Crippen LogP contribution in [0.15, 0.2) is 54.6 Å². The van der Waals surface area contributed by atoms with E-state index < -0.39 is 0 Å². The number of benzene rings is 2. The summed E-state index contributed by atoms with van der Waals surface area (Å²) in [5, 5.41) is 0. The number of rotatable bonds is 8. The molecular weight excluding hydrogens is 263 g/mol. The summed E-state index contributed by atoms with van der Waals surface area (Å²) >= 11 is 0. The monoisotopic (exact) mass is 286 g/mol. The summed E-state index contributed by atoms with van der Waals surface area (Å²) in [6.45, 7) is 2.44. The van der Waals surface area contributed by atoms with Crippen molar-refractivity contribution in [3.05, 3.63) is 66.0 Å². The second kappa shape index (κ2) is 8.42. The van der Waals surface area contributed by atoms with Gasteiger partial charge in [-0.25, -0.2) is 4.39 Å². The van der Waals surface area contributed by atoms with Crippen molar-refractivity contribution in [1.29, 1.82) is 0 Å². The standard InChI is InChI=1S/C18H23FN2/c19-17-10-4-11-18(15-17)21(14-6-12-20)13-5-9-16-7-2-1-3-8-16/h1-4,7-8,10-11,15H,5-6,9,12-14,20H2. The molecule has 0 aliphatic heterocycles. The maximum absolute atomic E-state index is 13.4. The fourth-order valence-electron chi connectivity index (χ4n) is 2.44. The Morgan fingerprint density at radius 1 is 0.905 bits per heavy atom. The third-order valence-electron chi connectivity index (χ3n) is 3.54. The van der Waals surface area contributed by atoms with Gasteiger partial charge in [-0.1, -0.05) is 36.4 Å². The number of anilines is 1. The van der Waals surface area contributed by atoms with Crippen molar-refractivity contribution in [2.75, 3.05) is 24.5 Å². The first-order valence-electron chi connectivity index (χ1n) is 7.54. The minimum atomic E-state index is -0.187. The summed E-state index contributed by atoms with van der Waals surface area (Å²) < 4.78 is 13.4. The summed E-state index contributed by atoms with van der Waals surface area (Å²) in [4.78, 5) is 2.22. The molecule has 0 aliphatic carbocycles. The Labute approximate surface area is 126 Å². The van der Waals surface area contributed by atoms with Gasteiger partial charge in [0.25, 0.3) is 0 Å². The van der Waals surface area contributed by atoms with E-state index in [2.05, 4.69) is 29.2 Å². The molecule has 2 rings (SSSR count). The fourth-order valence-corrected chi connectivity index (χ4v) is 2.44. The number of halogens is 1. The van der Waals surface area contributed by atoms with Crippen LogP contribution in [0, 0.1) is 5.82 Å². The summed E-state index contributed by atoms with van der Waals surface area (Å²) in [5.41, 5.74) is 7.89. The quantitative estimate of drug-likeness (QED) is 0.803. The van der Waals surface area contributed by atoms with Crippen LogP contribution in [0.3, 0.4) is 0 Å². The molecule has 2 N–H and O–H groups in total. The maximum atomic E-state index is 13.4. The van der Waals surface area contributed by atoms with Crippen LogP contribution in [0.1, 0.15) is 18.4 Å². The van der Waals surface area contributed by atoms with Gasteiger partial charge in [0.1, 0.15) is 5.82 Å². The lowest BCUT2D eigenvalue weighted by Crippen LogP contribution is -2.27. The minimum Gasteiger partial charge on any atom is -0.371 e. The average Bonchev–Trinajstić information content (AvgIpc) is 2.51. The lowest BCUT2D eigenvalue weighted by molar-refractivity contribution is 0.624. The van der Waals surface area contributed by atoms with Crippen LogP contribution in [0.4, 0.5) is 10.1 Å². The lowest BCUT2D eigenvalue weighted by Gasteiger charge is -2.25. The SMILES string of the molecule is NCCCN(CCCc1ccccc1)c1cccc(F)c1. The van der Waals surface area contributed by atoms with Gasteiger partial charge in [0.05, 0.1) is 0 Å². The van der Waals surface area contributed by atoms with Crippen molar-refractivity contribution >= 4 is 5.69 Å². The van der Waals surface area contributed by atoms with Gasteiger partial charge in [-0.15, -0.1) is 0 Å². The van der Waals surface area contributed by atoms with Gasteiger partial charge in [-0.05, 0) is 49.6 Å². The van der Waals surface area contributed by atoms with Crippen LogP contribution < -0.4 is 10.6 Å². The Morgan fingerprint density at radius 3 is 2.38 bits per heavy atom. The normalized spacial score (nSPS) is 10.6. The van der Waals surface area contributed by atoms with Crippen LogP contribution in [0.2, 0.25) is 0 Å². The summed E-state index contributed by atoms with van der Waals surface area (Å²) in [5.74, 6) is -0.187. The highest BCUT2D eigenvalue weighted by Crippen LogP contribution is 2.17. The van der Waals surface area contributed by atoms with Gasteiger partial charge in [-0.2, -0.15) is 0 Å². The van der Waals surface area contributed by atoms with E-state index in [0.29, 0.717) is 6.54 Å². The summed E-state index contributed by atoms with van der Waals surface area (Å²) in [6, 6.07) is 17.2. The number of hydrogen-bond acceptors (Lipinski definition) is 2. The zero-order chi connectivity index (χ0) is 14.9. The third kappa shape index (κ3) is 5.20. The molecule has 0 saturated heterocycles. The highest BCUT2D eigenvalue weighted by atomic mass is 19.1. The van der Waals surface area contributed by atoms with E-state index in [-0.39, 0.29) is 5.82 Å². The summed E-state index contributed by atoms with van der Waals surface area (Å²) in [6.07, 6.45) is 3.00. The Bertz CT molecular complexity index is 528. The van der Waals surface area contributed by atoms with E-state index in [0.717, 1.165) is 38.0 Å². The molecule has 0 bridgehead atoms. The molecule has 0 aromatic heterocycles. The Kier molecular flexibility index (Phi) is 6.22. The molecule has 0 heterocycles. The Morgan fingerprint density at radius 2 is 1.67 bits per heavy atom. The van der Waals surface area contributed by atoms with Crippen LogP contribution in [0.5, 0.6) is 0 Å². The average molecular weight is 286 g/mol. The fraction of sp³-hybridized carbons (Fsp3) is 0.333. The van der Waals surface area contributed by atoms with Gasteiger partial charge in [0, 0.05) is 18.8 Å². The highest BCUT2D eigenvalue weighted by Gasteiger charge is 2.07. The van der Waals surface area contributed by atoms with Gasteiger partial charge in [0.15, 0.2) is 0 Å². The smallest absolute Gasteiger partial charge is 0.125 e. The highest BCUT2D eigenvalue weighted by molar-refractivity contribution is 5.46. The van der Waals surface area contributed by atoms with E-state index >= 15 is 0 Å². The van der Waals surface area contributed by atoms with Crippen molar-refractivity contribution < 1.29 is 4.39 Å². The van der Waals surface area contributed by atoms with Gasteiger partial charge in [0.2, 0.25) is 0 Å². The molecule has 2 nitrogen and oxygen atoms in total. The van der Waals surface area contributed by atoms with E-state index in [1.54, 1.807) is 12.1 Å². The predicted octanol–water partition coefficient (Wildman–Crippen LogP) is 3.61. The molecule has 0 amide bonds. The topological polar surface area (TPSA) is 29.3 Å². The molecule has 2 aromatic carbocycles. The van der Waals surface area contributed by atoms with Gasteiger partial charge >= 0.3 is 0 Å². The van der Waals surface area contributed by atoms with Crippen molar-refractivity contribution in [2.24, 2.45) is 5.73 Å². The number of aryl methyl sites for hydroxylation is 1. The third-order valence-corrected chi connectivity index (χ3v) is 3.54. The second-order valence-corrected chi connectivity index (χ2v) is 5.20. The molecule has 21 heavy (non-hydrogen) atoms. The molecule has 0 radical (unpaired) electrons. The molecular formula is C18H23FN2. The molecule has 2 aromatic rings. The molecule has 0 fully saturated rings. The van der Waals surface area contributed by atoms with Gasteiger partial charge < -0.3 is 10.6 Å². The van der Waals surface area contributed by atoms with Crippen molar-refractivity contribution in [3.8, 4) is 0 Å². The van der Waals surface area contributed by atoms with Crippen molar-refractivity contribution in [3.63, 3.8) is 0 Å². The van der Waals surface area contributed by atoms with Gasteiger partial charge in [-0.3, -0.25) is 0 Å². The first-order valence-corrected chi connectivity index (χ1v) is 7.54. The van der Waals surface area contributed by atoms with Crippen molar-refractivity contribution in [2.45, 2.75) is 19.3 Å². The van der Waals surface area contributed by atoms with Crippen LogP contribution in [-0.4, -0.2) is 19.6 Å².